The van der Waals surface area contributed by atoms with Gasteiger partial charge in [-0.2, -0.15) is 26.9 Å². The normalized spacial score (nSPS) is 20.5. The Morgan fingerprint density at radius 2 is 1.54 bits per heavy atom. The van der Waals surface area contributed by atoms with Gasteiger partial charge < -0.3 is 41.8 Å². The van der Waals surface area contributed by atoms with Gasteiger partial charge in [-0.15, -0.1) is 0 Å². The van der Waals surface area contributed by atoms with E-state index in [-0.39, 0.29) is 56.3 Å². The second kappa shape index (κ2) is 19.5. The first-order valence-electron chi connectivity index (χ1n) is 22.4. The minimum atomic E-state index is -6.24. The van der Waals surface area contributed by atoms with Crippen molar-refractivity contribution in [1.29, 1.82) is 5.26 Å². The van der Waals surface area contributed by atoms with E-state index >= 15 is 0 Å². The van der Waals surface area contributed by atoms with E-state index in [4.69, 9.17) is 41.8 Å². The first-order chi connectivity index (χ1) is 33.4. The summed E-state index contributed by atoms with van der Waals surface area (Å²) in [5, 5.41) is 13.1. The SMILES string of the molecule is C=CCOC(=O)N1[C@@H]2c3c(cc(OS(=O)(=O)C(F)(F)F)c(OC)c3OCOC)C[C@H]1[C@H](C#N)N1[C@@H](CO[Si](c3ccccc3)(c3ccccc3)C(C)(C)C)c3c(c(OCC=C)c(C)c4c3OCO4)C[C@@H]21. The van der Waals surface area contributed by atoms with Gasteiger partial charge in [-0.1, -0.05) is 107 Å². The molecule has 1 amide bonds. The molecule has 0 saturated carbocycles. The van der Waals surface area contributed by atoms with Gasteiger partial charge in [0.2, 0.25) is 12.5 Å². The number of nitriles is 1. The lowest BCUT2D eigenvalue weighted by atomic mass is 9.71. The largest absolute Gasteiger partial charge is 0.534 e. The van der Waals surface area contributed by atoms with Gasteiger partial charge in [0.25, 0.3) is 8.32 Å². The quantitative estimate of drug-likeness (QED) is 0.0355. The van der Waals surface area contributed by atoms with E-state index in [0.717, 1.165) is 23.5 Å². The van der Waals surface area contributed by atoms with Crippen molar-refractivity contribution in [2.24, 2.45) is 0 Å². The van der Waals surface area contributed by atoms with Crippen LogP contribution >= 0.6 is 0 Å². The molecule has 0 spiro atoms. The van der Waals surface area contributed by atoms with Crippen LogP contribution < -0.4 is 38.2 Å². The number of halogens is 3. The van der Waals surface area contributed by atoms with Crippen LogP contribution in [0.5, 0.6) is 34.5 Å². The van der Waals surface area contributed by atoms with Crippen LogP contribution in [0.4, 0.5) is 18.0 Å². The van der Waals surface area contributed by atoms with E-state index in [1.165, 1.54) is 18.1 Å². The predicted molar refractivity (Wildman–Crippen MR) is 253 cm³/mol. The van der Waals surface area contributed by atoms with Gasteiger partial charge in [0, 0.05) is 35.4 Å². The Bertz CT molecular complexity index is 2770. The second-order valence-electron chi connectivity index (χ2n) is 18.1. The highest BCUT2D eigenvalue weighted by atomic mass is 32.2. The number of fused-ring (bicyclic) bond motifs is 9. The van der Waals surface area contributed by atoms with Gasteiger partial charge in [0.1, 0.15) is 25.0 Å². The van der Waals surface area contributed by atoms with Crippen molar-refractivity contribution in [2.75, 3.05) is 47.6 Å². The third kappa shape index (κ3) is 8.40. The lowest BCUT2D eigenvalue weighted by Crippen LogP contribution is -2.71. The Kier molecular flexibility index (Phi) is 14.0. The van der Waals surface area contributed by atoms with E-state index < -0.39 is 83.6 Å². The summed E-state index contributed by atoms with van der Waals surface area (Å²) in [7, 11) is -7.15. The highest BCUT2D eigenvalue weighted by Crippen LogP contribution is 2.60. The number of alkyl halides is 3. The number of carbonyl (C=O) groups excluding carboxylic acids is 1. The lowest BCUT2D eigenvalue weighted by molar-refractivity contribution is -0.0835. The molecule has 70 heavy (non-hydrogen) atoms. The first-order valence-corrected chi connectivity index (χ1v) is 25.7. The molecule has 15 nitrogen and oxygen atoms in total. The van der Waals surface area contributed by atoms with Gasteiger partial charge in [0.15, 0.2) is 29.8 Å². The summed E-state index contributed by atoms with van der Waals surface area (Å²) >= 11 is 0. The number of nitrogens with zero attached hydrogens (tertiary/aromatic N) is 3. The van der Waals surface area contributed by atoms with Crippen molar-refractivity contribution in [1.82, 2.24) is 9.80 Å². The molecule has 1 saturated heterocycles. The summed E-state index contributed by atoms with van der Waals surface area (Å²) in [6.07, 6.45) is 2.02. The molecule has 0 N–H and O–H groups in total. The number of hydrogen-bond donors (Lipinski definition) is 0. The monoisotopic (exact) mass is 1010 g/mol. The van der Waals surface area contributed by atoms with Gasteiger partial charge in [-0.3, -0.25) is 9.80 Å². The molecule has 0 radical (unpaired) electrons. The summed E-state index contributed by atoms with van der Waals surface area (Å²) in [4.78, 5) is 18.2. The Hall–Kier alpha value is -6.24. The van der Waals surface area contributed by atoms with Gasteiger partial charge in [-0.25, -0.2) is 4.79 Å². The maximum absolute atomic E-state index is 14.7. The molecule has 0 aliphatic carbocycles. The molecule has 20 heteroatoms. The van der Waals surface area contributed by atoms with Crippen molar-refractivity contribution < 1.29 is 68.2 Å². The Labute approximate surface area is 406 Å². The van der Waals surface area contributed by atoms with Crippen molar-refractivity contribution in [2.45, 2.75) is 81.3 Å². The molecule has 1 fully saturated rings. The van der Waals surface area contributed by atoms with Crippen molar-refractivity contribution in [3.63, 3.8) is 0 Å². The molecule has 8 rings (SSSR count). The number of carbonyl (C=O) groups is 1. The summed E-state index contributed by atoms with van der Waals surface area (Å²) in [5.41, 5.74) is -3.42. The highest BCUT2D eigenvalue weighted by Gasteiger charge is 2.61. The van der Waals surface area contributed by atoms with Crippen molar-refractivity contribution in [3.8, 4) is 40.6 Å². The number of ether oxygens (including phenoxy) is 7. The fraction of sp³-hybridized carbons (Fsp3) is 0.400. The topological polar surface area (TPSA) is 165 Å². The third-order valence-electron chi connectivity index (χ3n) is 13.3. The summed E-state index contributed by atoms with van der Waals surface area (Å²) in [5.74, 6) is -0.251. The maximum atomic E-state index is 14.7. The minimum Gasteiger partial charge on any atom is -0.490 e. The van der Waals surface area contributed by atoms with Crippen LogP contribution in [0.3, 0.4) is 0 Å². The standard InChI is InChI=1S/C50H54F3N3O12SSi/c1-9-21-62-43-30(3)44-47(66-29-65-44)41-34(43)25-36-42-40-31(24-39(68-69(58,59)50(51,52)53)45(61-8)46(40)64-28-60-7)23-35(56(42)48(57)63-22-10-2)37(26-54)55(36)38(41)27-67-70(49(4,5)6,32-17-13-11-14-18-32)33-19-15-12-16-20-33/h9-20,24,35-38,42H,1-2,21-23,25,27-29H2,3-8H3/t35-,36-,37-,38-,42-/m0/s1. The van der Waals surface area contributed by atoms with Crippen LogP contribution in [0.15, 0.2) is 92.0 Å². The Morgan fingerprint density at radius 3 is 2.11 bits per heavy atom. The Morgan fingerprint density at radius 1 is 0.900 bits per heavy atom. The van der Waals surface area contributed by atoms with Crippen LogP contribution in [0.1, 0.15) is 60.7 Å². The molecule has 0 unspecified atom stereocenters. The van der Waals surface area contributed by atoms with Crippen LogP contribution in [0, 0.1) is 18.3 Å². The van der Waals surface area contributed by atoms with E-state index in [1.807, 2.05) is 48.2 Å². The number of hydrogen-bond acceptors (Lipinski definition) is 14. The molecule has 4 heterocycles. The van der Waals surface area contributed by atoms with E-state index in [1.54, 1.807) is 6.08 Å². The number of methoxy groups -OCH3 is 2. The molecule has 372 valence electrons. The molecule has 4 aliphatic rings. The predicted octanol–water partition coefficient (Wildman–Crippen LogP) is 7.55. The zero-order chi connectivity index (χ0) is 50.3. The summed E-state index contributed by atoms with van der Waals surface area (Å²) < 4.78 is 121. The van der Waals surface area contributed by atoms with Gasteiger partial charge in [0.05, 0.1) is 37.9 Å². The van der Waals surface area contributed by atoms with Crippen LogP contribution in [-0.4, -0.2) is 104 Å². The average molecular weight is 1010 g/mol. The van der Waals surface area contributed by atoms with Crippen molar-refractivity contribution >= 4 is 34.9 Å². The second-order valence-corrected chi connectivity index (χ2v) is 24.0. The number of piperazine rings is 1. The van der Waals surface area contributed by atoms with Crippen LogP contribution in [0.2, 0.25) is 5.04 Å². The smallest absolute Gasteiger partial charge is 0.490 e. The number of benzene rings is 4. The van der Waals surface area contributed by atoms with Crippen LogP contribution in [0.25, 0.3) is 0 Å². The number of amides is 1. The molecular formula is C50H54F3N3O12SSi. The molecule has 5 atom stereocenters. The van der Waals surface area contributed by atoms with Gasteiger partial charge >= 0.3 is 21.7 Å². The third-order valence-corrected chi connectivity index (χ3v) is 19.3. The zero-order valence-corrected chi connectivity index (χ0v) is 41.4. The van der Waals surface area contributed by atoms with E-state index in [2.05, 4.69) is 64.3 Å². The molecular weight excluding hydrogens is 952 g/mol. The van der Waals surface area contributed by atoms with Crippen LogP contribution in [-0.2, 0) is 36.9 Å². The van der Waals surface area contributed by atoms with Crippen molar-refractivity contribution in [3.05, 3.63) is 120 Å². The first kappa shape index (κ1) is 50.2. The molecule has 0 aromatic heterocycles. The lowest BCUT2D eigenvalue weighted by Gasteiger charge is -2.60. The minimum absolute atomic E-state index is 0.0274. The molecule has 2 bridgehead atoms. The Balaban J connectivity index is 1.43. The fourth-order valence-electron chi connectivity index (χ4n) is 10.7. The molecule has 4 aliphatic heterocycles. The maximum Gasteiger partial charge on any atom is 0.534 e. The number of rotatable bonds is 16. The summed E-state index contributed by atoms with van der Waals surface area (Å²) in [6, 6.07) is 18.6. The summed E-state index contributed by atoms with van der Waals surface area (Å²) in [6.45, 7) is 15.2. The van der Waals surface area contributed by atoms with E-state index in [9.17, 15) is 31.6 Å². The zero-order valence-electron chi connectivity index (χ0n) is 39.5. The van der Waals surface area contributed by atoms with Gasteiger partial charge in [-0.05, 0) is 46.8 Å². The van der Waals surface area contributed by atoms with E-state index in [0.29, 0.717) is 33.9 Å². The molecule has 4 aromatic rings. The fourth-order valence-corrected chi connectivity index (χ4v) is 15.7. The average Bonchev–Trinajstić information content (AvgIpc) is 3.82. The molecule has 4 aromatic carbocycles. The highest BCUT2D eigenvalue weighted by molar-refractivity contribution is 7.88.